The molecule has 3 aromatic carbocycles. The standard InChI is InChI=1S/C31H34F3N3O/c1-5-17-37(6-2)21-27-15-16-28(19-29(27)31(32,33)34)36-30(38)26-13-7-22(3)25(18-26)14-12-23-8-10-24(11-9-23)20-35-4/h7-11,13,15-16,18-19,35H,5-6,17,20-21H2,1-4H3,(H,36,38). The van der Waals surface area contributed by atoms with Crippen LogP contribution in [0.3, 0.4) is 0 Å². The monoisotopic (exact) mass is 521 g/mol. The van der Waals surface area contributed by atoms with Crippen LogP contribution in [0.5, 0.6) is 0 Å². The lowest BCUT2D eigenvalue weighted by Crippen LogP contribution is -2.25. The van der Waals surface area contributed by atoms with Crippen molar-refractivity contribution in [1.82, 2.24) is 10.2 Å². The summed E-state index contributed by atoms with van der Waals surface area (Å²) in [7, 11) is 1.89. The third-order valence-corrected chi connectivity index (χ3v) is 6.23. The zero-order chi connectivity index (χ0) is 27.7. The Hall–Kier alpha value is -3.60. The number of nitrogens with one attached hydrogen (secondary N) is 2. The number of halogens is 3. The molecule has 2 N–H and O–H groups in total. The van der Waals surface area contributed by atoms with Crippen LogP contribution >= 0.6 is 0 Å². The molecule has 0 unspecified atom stereocenters. The van der Waals surface area contributed by atoms with Gasteiger partial charge in [-0.3, -0.25) is 9.69 Å². The first-order valence-electron chi connectivity index (χ1n) is 12.7. The van der Waals surface area contributed by atoms with Gasteiger partial charge in [0.05, 0.1) is 5.56 Å². The summed E-state index contributed by atoms with van der Waals surface area (Å²) >= 11 is 0. The summed E-state index contributed by atoms with van der Waals surface area (Å²) in [5, 5.41) is 5.72. The number of aryl methyl sites for hydroxylation is 1. The number of hydrogen-bond donors (Lipinski definition) is 2. The molecule has 3 rings (SSSR count). The Bertz CT molecular complexity index is 1300. The third kappa shape index (κ3) is 7.95. The average Bonchev–Trinajstić information content (AvgIpc) is 2.89. The maximum absolute atomic E-state index is 13.9. The summed E-state index contributed by atoms with van der Waals surface area (Å²) in [4.78, 5) is 14.9. The van der Waals surface area contributed by atoms with Gasteiger partial charge in [-0.1, -0.05) is 50.0 Å². The highest BCUT2D eigenvalue weighted by Gasteiger charge is 2.34. The molecule has 0 spiro atoms. The van der Waals surface area contributed by atoms with Crippen LogP contribution in [-0.4, -0.2) is 30.9 Å². The van der Waals surface area contributed by atoms with Crippen molar-refractivity contribution in [3.05, 3.63) is 99.6 Å². The number of alkyl halides is 3. The molecule has 0 aromatic heterocycles. The number of anilines is 1. The van der Waals surface area contributed by atoms with Crippen molar-refractivity contribution in [2.24, 2.45) is 0 Å². The zero-order valence-electron chi connectivity index (χ0n) is 22.3. The third-order valence-electron chi connectivity index (χ3n) is 6.23. The lowest BCUT2D eigenvalue weighted by Gasteiger charge is -2.22. The van der Waals surface area contributed by atoms with E-state index in [1.54, 1.807) is 18.2 Å². The second-order valence-corrected chi connectivity index (χ2v) is 9.20. The normalized spacial score (nSPS) is 11.3. The van der Waals surface area contributed by atoms with Gasteiger partial charge in [-0.05, 0) is 86.6 Å². The molecule has 3 aromatic rings. The number of amides is 1. The van der Waals surface area contributed by atoms with Crippen molar-refractivity contribution in [2.45, 2.75) is 46.5 Å². The van der Waals surface area contributed by atoms with Crippen molar-refractivity contribution in [2.75, 3.05) is 25.5 Å². The van der Waals surface area contributed by atoms with Crippen LogP contribution in [0.4, 0.5) is 18.9 Å². The SMILES string of the molecule is CCCN(CC)Cc1ccc(NC(=O)c2ccc(C)c(C#Cc3ccc(CNC)cc3)c2)cc1C(F)(F)F. The number of benzene rings is 3. The second kappa shape index (κ2) is 13.3. The smallest absolute Gasteiger partial charge is 0.322 e. The summed E-state index contributed by atoms with van der Waals surface area (Å²) in [6.07, 6.45) is -3.67. The molecule has 0 heterocycles. The van der Waals surface area contributed by atoms with E-state index in [9.17, 15) is 18.0 Å². The first kappa shape index (κ1) is 29.0. The maximum atomic E-state index is 13.9. The average molecular weight is 522 g/mol. The van der Waals surface area contributed by atoms with Gasteiger partial charge in [-0.25, -0.2) is 0 Å². The Kier molecular flexibility index (Phi) is 10.1. The molecular formula is C31H34F3N3O. The van der Waals surface area contributed by atoms with Crippen molar-refractivity contribution in [3.63, 3.8) is 0 Å². The van der Waals surface area contributed by atoms with E-state index in [0.29, 0.717) is 24.2 Å². The Morgan fingerprint density at radius 1 is 0.974 bits per heavy atom. The van der Waals surface area contributed by atoms with E-state index in [4.69, 9.17) is 0 Å². The molecule has 0 aliphatic heterocycles. The van der Waals surface area contributed by atoms with Crippen LogP contribution in [0.2, 0.25) is 0 Å². The van der Waals surface area contributed by atoms with E-state index in [1.165, 1.54) is 12.1 Å². The predicted molar refractivity (Wildman–Crippen MR) is 147 cm³/mol. The molecule has 7 heteroatoms. The molecule has 0 saturated heterocycles. The fourth-order valence-electron chi connectivity index (χ4n) is 4.11. The topological polar surface area (TPSA) is 44.4 Å². The van der Waals surface area contributed by atoms with E-state index in [2.05, 4.69) is 22.5 Å². The van der Waals surface area contributed by atoms with Gasteiger partial charge in [0.25, 0.3) is 5.91 Å². The quantitative estimate of drug-likeness (QED) is 0.311. The van der Waals surface area contributed by atoms with Gasteiger partial charge in [0.1, 0.15) is 0 Å². The van der Waals surface area contributed by atoms with Crippen LogP contribution in [0.1, 0.15) is 64.0 Å². The van der Waals surface area contributed by atoms with Gasteiger partial charge < -0.3 is 10.6 Å². The molecule has 38 heavy (non-hydrogen) atoms. The fraction of sp³-hybridized carbons (Fsp3) is 0.323. The highest BCUT2D eigenvalue weighted by Crippen LogP contribution is 2.34. The molecule has 0 aliphatic rings. The largest absolute Gasteiger partial charge is 0.416 e. The molecular weight excluding hydrogens is 487 g/mol. The molecule has 4 nitrogen and oxygen atoms in total. The second-order valence-electron chi connectivity index (χ2n) is 9.20. The predicted octanol–water partition coefficient (Wildman–Crippen LogP) is 6.62. The van der Waals surface area contributed by atoms with Gasteiger partial charge >= 0.3 is 6.18 Å². The van der Waals surface area contributed by atoms with Gasteiger partial charge in [0, 0.05) is 35.5 Å². The maximum Gasteiger partial charge on any atom is 0.416 e. The summed E-state index contributed by atoms with van der Waals surface area (Å²) in [6, 6.07) is 17.0. The minimum atomic E-state index is -4.53. The highest BCUT2D eigenvalue weighted by molar-refractivity contribution is 6.04. The number of rotatable bonds is 9. The highest BCUT2D eigenvalue weighted by atomic mass is 19.4. The molecule has 200 valence electrons. The Labute approximate surface area is 223 Å². The summed E-state index contributed by atoms with van der Waals surface area (Å²) in [5.74, 6) is 5.73. The van der Waals surface area contributed by atoms with Crippen molar-refractivity contribution in [3.8, 4) is 11.8 Å². The molecule has 0 atom stereocenters. The number of nitrogens with zero attached hydrogens (tertiary/aromatic N) is 1. The summed E-state index contributed by atoms with van der Waals surface area (Å²) in [6.45, 7) is 8.17. The Balaban J connectivity index is 1.81. The van der Waals surface area contributed by atoms with E-state index < -0.39 is 17.6 Å². The number of carbonyl (C=O) groups excluding carboxylic acids is 1. The first-order valence-corrected chi connectivity index (χ1v) is 12.7. The zero-order valence-corrected chi connectivity index (χ0v) is 22.3. The molecule has 0 bridgehead atoms. The molecule has 1 amide bonds. The molecule has 0 saturated carbocycles. The lowest BCUT2D eigenvalue weighted by atomic mass is 10.0. The number of hydrogen-bond acceptors (Lipinski definition) is 3. The van der Waals surface area contributed by atoms with Gasteiger partial charge in [0.15, 0.2) is 0 Å². The van der Waals surface area contributed by atoms with Crippen molar-refractivity contribution < 1.29 is 18.0 Å². The fourth-order valence-corrected chi connectivity index (χ4v) is 4.11. The van der Waals surface area contributed by atoms with Gasteiger partial charge in [-0.2, -0.15) is 13.2 Å². The van der Waals surface area contributed by atoms with Crippen LogP contribution in [0.25, 0.3) is 0 Å². The van der Waals surface area contributed by atoms with Crippen molar-refractivity contribution in [1.29, 1.82) is 0 Å². The Morgan fingerprint density at radius 3 is 2.34 bits per heavy atom. The Morgan fingerprint density at radius 2 is 1.71 bits per heavy atom. The van der Waals surface area contributed by atoms with Crippen LogP contribution in [-0.2, 0) is 19.3 Å². The van der Waals surface area contributed by atoms with Crippen LogP contribution in [0.15, 0.2) is 60.7 Å². The van der Waals surface area contributed by atoms with E-state index in [1.807, 2.05) is 57.0 Å². The summed E-state index contributed by atoms with van der Waals surface area (Å²) < 4.78 is 41.6. The van der Waals surface area contributed by atoms with E-state index in [0.717, 1.165) is 35.7 Å². The van der Waals surface area contributed by atoms with Gasteiger partial charge in [-0.15, -0.1) is 0 Å². The van der Waals surface area contributed by atoms with E-state index in [-0.39, 0.29) is 17.8 Å². The first-order chi connectivity index (χ1) is 18.1. The minimum absolute atomic E-state index is 0.0967. The van der Waals surface area contributed by atoms with E-state index >= 15 is 0 Å². The molecule has 0 aliphatic carbocycles. The van der Waals surface area contributed by atoms with Crippen LogP contribution in [0, 0.1) is 18.8 Å². The minimum Gasteiger partial charge on any atom is -0.322 e. The molecule has 0 radical (unpaired) electrons. The lowest BCUT2D eigenvalue weighted by molar-refractivity contribution is -0.138. The van der Waals surface area contributed by atoms with Gasteiger partial charge in [0.2, 0.25) is 0 Å². The van der Waals surface area contributed by atoms with Crippen molar-refractivity contribution >= 4 is 11.6 Å². The summed E-state index contributed by atoms with van der Waals surface area (Å²) in [5.41, 5.74) is 3.45. The number of carbonyl (C=O) groups is 1. The van der Waals surface area contributed by atoms with Crippen LogP contribution < -0.4 is 10.6 Å². The molecule has 0 fully saturated rings.